The lowest BCUT2D eigenvalue weighted by Crippen LogP contribution is -2.61. The molecule has 0 amide bonds. The maximum Gasteiger partial charge on any atom is 0.229 e. The Hall–Kier alpha value is -1.87. The van der Waals surface area contributed by atoms with Crippen molar-refractivity contribution in [3.8, 4) is 11.5 Å². The predicted octanol–water partition coefficient (Wildman–Crippen LogP) is -2.76. The van der Waals surface area contributed by atoms with E-state index in [9.17, 15) is 40.5 Å². The Morgan fingerprint density at radius 1 is 1.00 bits per heavy atom. The van der Waals surface area contributed by atoms with Gasteiger partial charge in [-0.2, -0.15) is 0 Å². The molecule has 0 aliphatic carbocycles. The first-order chi connectivity index (χ1) is 14.6. The molecule has 1 aromatic rings. The van der Waals surface area contributed by atoms with Gasteiger partial charge in [-0.25, -0.2) is 0 Å². The fourth-order valence-electron chi connectivity index (χ4n) is 3.28. The summed E-state index contributed by atoms with van der Waals surface area (Å²) in [5.41, 5.74) is 0.0672. The van der Waals surface area contributed by atoms with Crippen LogP contribution in [-0.2, 0) is 14.2 Å². The standard InChI is InChI=1S/C19H26O12/c1-7(20)9-3-2-8(4-10(9)21)30-19-17(27)15(25)14(24)12(31-19)6-29-18-16(26)13(23)11(22)5-28-18/h2-4,11-19,21-27H,5-6H2,1H3/t11-,12-,13+,14-,15+,16-,17-,18+,19-/m1/s1. The summed E-state index contributed by atoms with van der Waals surface area (Å²) in [7, 11) is 0. The summed E-state index contributed by atoms with van der Waals surface area (Å²) in [4.78, 5) is 11.4. The molecule has 2 saturated heterocycles. The number of hydrogen-bond acceptors (Lipinski definition) is 12. The SMILES string of the molecule is CC(=O)c1ccc(O[C@@H]2O[C@H](CO[C@@H]3OC[C@@H](O)[C@H](O)[C@H]3O)[C@@H](O)[C@H](O)[C@H]2O)cc1O. The van der Waals surface area contributed by atoms with E-state index < -0.39 is 61.9 Å². The molecule has 12 heteroatoms. The molecule has 2 heterocycles. The van der Waals surface area contributed by atoms with Gasteiger partial charge in [-0.1, -0.05) is 0 Å². The molecule has 3 rings (SSSR count). The lowest BCUT2D eigenvalue weighted by atomic mass is 9.99. The van der Waals surface area contributed by atoms with Gasteiger partial charge in [0.1, 0.15) is 54.2 Å². The predicted molar refractivity (Wildman–Crippen MR) is 99.1 cm³/mol. The molecule has 0 bridgehead atoms. The maximum absolute atomic E-state index is 11.4. The van der Waals surface area contributed by atoms with Crippen LogP contribution >= 0.6 is 0 Å². The first kappa shape index (κ1) is 23.8. The Morgan fingerprint density at radius 3 is 2.32 bits per heavy atom. The Labute approximate surface area is 176 Å². The zero-order valence-electron chi connectivity index (χ0n) is 16.5. The van der Waals surface area contributed by atoms with E-state index in [-0.39, 0.29) is 29.5 Å². The van der Waals surface area contributed by atoms with Gasteiger partial charge in [-0.3, -0.25) is 4.79 Å². The van der Waals surface area contributed by atoms with Gasteiger partial charge in [0, 0.05) is 6.07 Å². The van der Waals surface area contributed by atoms with Crippen LogP contribution in [0.5, 0.6) is 11.5 Å². The summed E-state index contributed by atoms with van der Waals surface area (Å²) in [5.74, 6) is -0.684. The highest BCUT2D eigenvalue weighted by Crippen LogP contribution is 2.29. The molecule has 2 aliphatic rings. The van der Waals surface area contributed by atoms with E-state index in [2.05, 4.69) is 0 Å². The number of phenolic OH excluding ortho intramolecular Hbond substituents is 1. The van der Waals surface area contributed by atoms with Crippen LogP contribution in [0.15, 0.2) is 18.2 Å². The molecule has 9 atom stereocenters. The number of ether oxygens (including phenoxy) is 4. The van der Waals surface area contributed by atoms with Crippen molar-refractivity contribution < 1.29 is 59.5 Å². The van der Waals surface area contributed by atoms with Crippen LogP contribution < -0.4 is 4.74 Å². The molecular formula is C19H26O12. The number of hydrogen-bond donors (Lipinski definition) is 7. The summed E-state index contributed by atoms with van der Waals surface area (Å²) in [6, 6.07) is 3.80. The minimum absolute atomic E-state index is 0.0259. The molecule has 31 heavy (non-hydrogen) atoms. The lowest BCUT2D eigenvalue weighted by Gasteiger charge is -2.41. The molecule has 0 radical (unpaired) electrons. The van der Waals surface area contributed by atoms with Crippen LogP contribution in [0.4, 0.5) is 0 Å². The van der Waals surface area contributed by atoms with Gasteiger partial charge in [0.15, 0.2) is 12.1 Å². The van der Waals surface area contributed by atoms with Crippen molar-refractivity contribution in [1.29, 1.82) is 0 Å². The fourth-order valence-corrected chi connectivity index (χ4v) is 3.28. The van der Waals surface area contributed by atoms with Crippen LogP contribution in [0.25, 0.3) is 0 Å². The summed E-state index contributed by atoms with van der Waals surface area (Å²) < 4.78 is 21.3. The smallest absolute Gasteiger partial charge is 0.229 e. The van der Waals surface area contributed by atoms with E-state index in [0.717, 1.165) is 6.07 Å². The van der Waals surface area contributed by atoms with Gasteiger partial charge in [0.2, 0.25) is 6.29 Å². The molecule has 2 fully saturated rings. The first-order valence-corrected chi connectivity index (χ1v) is 9.57. The second-order valence-corrected chi connectivity index (χ2v) is 7.45. The van der Waals surface area contributed by atoms with Crippen molar-refractivity contribution in [1.82, 2.24) is 0 Å². The van der Waals surface area contributed by atoms with E-state index in [0.29, 0.717) is 0 Å². The van der Waals surface area contributed by atoms with E-state index in [4.69, 9.17) is 18.9 Å². The van der Waals surface area contributed by atoms with Crippen molar-refractivity contribution in [2.45, 2.75) is 62.2 Å². The molecule has 1 aromatic carbocycles. The third kappa shape index (κ3) is 5.14. The summed E-state index contributed by atoms with van der Waals surface area (Å²) >= 11 is 0. The topological polar surface area (TPSA) is 196 Å². The highest BCUT2D eigenvalue weighted by molar-refractivity contribution is 5.96. The van der Waals surface area contributed by atoms with Crippen LogP contribution in [0, 0.1) is 0 Å². The molecule has 0 unspecified atom stereocenters. The molecule has 174 valence electrons. The quantitative estimate of drug-likeness (QED) is 0.223. The Bertz CT molecular complexity index is 772. The second-order valence-electron chi connectivity index (χ2n) is 7.45. The van der Waals surface area contributed by atoms with Gasteiger partial charge in [0.25, 0.3) is 0 Å². The first-order valence-electron chi connectivity index (χ1n) is 9.57. The Balaban J connectivity index is 1.65. The van der Waals surface area contributed by atoms with E-state index in [1.54, 1.807) is 0 Å². The number of phenols is 1. The van der Waals surface area contributed by atoms with E-state index >= 15 is 0 Å². The number of aliphatic hydroxyl groups is 6. The average Bonchev–Trinajstić information content (AvgIpc) is 2.72. The third-order valence-electron chi connectivity index (χ3n) is 5.15. The highest BCUT2D eigenvalue weighted by atomic mass is 16.7. The summed E-state index contributed by atoms with van der Waals surface area (Å²) in [5, 5.41) is 69.5. The zero-order valence-corrected chi connectivity index (χ0v) is 16.5. The summed E-state index contributed by atoms with van der Waals surface area (Å²) in [6.07, 6.45) is -13.3. The Morgan fingerprint density at radius 2 is 1.68 bits per heavy atom. The van der Waals surface area contributed by atoms with Crippen molar-refractivity contribution in [3.05, 3.63) is 23.8 Å². The number of Topliss-reactive ketones (excluding diaryl/α,β-unsaturated/α-hetero) is 1. The maximum atomic E-state index is 11.4. The number of rotatable bonds is 6. The monoisotopic (exact) mass is 446 g/mol. The van der Waals surface area contributed by atoms with Gasteiger partial charge < -0.3 is 54.7 Å². The van der Waals surface area contributed by atoms with Gasteiger partial charge in [-0.15, -0.1) is 0 Å². The number of ketones is 1. The van der Waals surface area contributed by atoms with E-state index in [1.807, 2.05) is 0 Å². The number of aliphatic hydroxyl groups excluding tert-OH is 6. The molecule has 7 N–H and O–H groups in total. The minimum Gasteiger partial charge on any atom is -0.507 e. The van der Waals surface area contributed by atoms with Gasteiger partial charge in [-0.05, 0) is 19.1 Å². The number of benzene rings is 1. The molecule has 0 aromatic heterocycles. The average molecular weight is 446 g/mol. The van der Waals surface area contributed by atoms with Crippen LogP contribution in [-0.4, -0.2) is 110 Å². The largest absolute Gasteiger partial charge is 0.507 e. The molecule has 0 saturated carbocycles. The van der Waals surface area contributed by atoms with Crippen molar-refractivity contribution in [2.75, 3.05) is 13.2 Å². The number of carbonyl (C=O) groups is 1. The summed E-state index contributed by atoms with van der Waals surface area (Å²) in [6.45, 7) is 0.562. The number of aromatic hydroxyl groups is 1. The fraction of sp³-hybridized carbons (Fsp3) is 0.632. The normalized spacial score (nSPS) is 38.6. The minimum atomic E-state index is -1.68. The van der Waals surface area contributed by atoms with Crippen molar-refractivity contribution in [2.24, 2.45) is 0 Å². The van der Waals surface area contributed by atoms with Gasteiger partial charge in [0.05, 0.1) is 18.8 Å². The molecule has 0 spiro atoms. The lowest BCUT2D eigenvalue weighted by molar-refractivity contribution is -0.307. The molecule has 12 nitrogen and oxygen atoms in total. The van der Waals surface area contributed by atoms with Crippen molar-refractivity contribution >= 4 is 5.78 Å². The number of carbonyl (C=O) groups excluding carboxylic acids is 1. The van der Waals surface area contributed by atoms with Gasteiger partial charge >= 0.3 is 0 Å². The van der Waals surface area contributed by atoms with Crippen LogP contribution in [0.3, 0.4) is 0 Å². The van der Waals surface area contributed by atoms with Crippen molar-refractivity contribution in [3.63, 3.8) is 0 Å². The molecular weight excluding hydrogens is 420 g/mol. The Kier molecular flexibility index (Phi) is 7.47. The third-order valence-corrected chi connectivity index (χ3v) is 5.15. The highest BCUT2D eigenvalue weighted by Gasteiger charge is 2.46. The van der Waals surface area contributed by atoms with E-state index in [1.165, 1.54) is 19.1 Å². The van der Waals surface area contributed by atoms with Crippen LogP contribution in [0.2, 0.25) is 0 Å². The zero-order chi connectivity index (χ0) is 22.9. The second kappa shape index (κ2) is 9.73. The molecule has 2 aliphatic heterocycles. The van der Waals surface area contributed by atoms with Crippen LogP contribution in [0.1, 0.15) is 17.3 Å².